The zero-order chi connectivity index (χ0) is 19.3. The van der Waals surface area contributed by atoms with Crippen molar-refractivity contribution >= 4 is 40.8 Å². The SMILES string of the molecule is C[C@H](Oc1ccc(F)cc1)C(=O)O[C@H](C)C(=O)Nc1ccc(Cl)cc1Cl. The van der Waals surface area contributed by atoms with Crippen LogP contribution in [0, 0.1) is 5.82 Å². The lowest BCUT2D eigenvalue weighted by Gasteiger charge is -2.18. The molecule has 1 N–H and O–H groups in total. The summed E-state index contributed by atoms with van der Waals surface area (Å²) in [5.74, 6) is -1.41. The van der Waals surface area contributed by atoms with Crippen LogP contribution in [0.5, 0.6) is 5.75 Å². The van der Waals surface area contributed by atoms with E-state index >= 15 is 0 Å². The van der Waals surface area contributed by atoms with E-state index in [1.807, 2.05) is 0 Å². The second-order valence-electron chi connectivity index (χ2n) is 5.41. The van der Waals surface area contributed by atoms with E-state index in [9.17, 15) is 14.0 Å². The molecule has 1 amide bonds. The molecule has 0 unspecified atom stereocenters. The molecule has 2 aromatic rings. The minimum Gasteiger partial charge on any atom is -0.479 e. The third-order valence-electron chi connectivity index (χ3n) is 3.31. The first kappa shape index (κ1) is 20.0. The van der Waals surface area contributed by atoms with E-state index in [1.165, 1.54) is 50.2 Å². The zero-order valence-corrected chi connectivity index (χ0v) is 15.5. The van der Waals surface area contributed by atoms with Crippen LogP contribution in [-0.4, -0.2) is 24.1 Å². The molecule has 5 nitrogen and oxygen atoms in total. The second-order valence-corrected chi connectivity index (χ2v) is 6.25. The van der Waals surface area contributed by atoms with E-state index in [1.54, 1.807) is 6.07 Å². The maximum atomic E-state index is 12.9. The van der Waals surface area contributed by atoms with Crippen LogP contribution in [-0.2, 0) is 14.3 Å². The molecule has 0 aliphatic rings. The van der Waals surface area contributed by atoms with Crippen molar-refractivity contribution in [3.05, 3.63) is 58.3 Å². The minimum absolute atomic E-state index is 0.261. The summed E-state index contributed by atoms with van der Waals surface area (Å²) in [6.45, 7) is 2.88. The van der Waals surface area contributed by atoms with Crippen molar-refractivity contribution in [1.82, 2.24) is 0 Å². The highest BCUT2D eigenvalue weighted by Crippen LogP contribution is 2.25. The number of hydrogen-bond donors (Lipinski definition) is 1. The van der Waals surface area contributed by atoms with Gasteiger partial charge in [-0.3, -0.25) is 4.79 Å². The molecule has 0 radical (unpaired) electrons. The molecule has 0 aliphatic heterocycles. The van der Waals surface area contributed by atoms with Crippen molar-refractivity contribution in [1.29, 1.82) is 0 Å². The number of benzene rings is 2. The summed E-state index contributed by atoms with van der Waals surface area (Å²) in [5, 5.41) is 3.24. The van der Waals surface area contributed by atoms with Gasteiger partial charge in [-0.1, -0.05) is 23.2 Å². The Bertz CT molecular complexity index is 798. The molecule has 0 aromatic heterocycles. The first-order valence-corrected chi connectivity index (χ1v) is 8.40. The van der Waals surface area contributed by atoms with Gasteiger partial charge in [0.05, 0.1) is 10.7 Å². The van der Waals surface area contributed by atoms with Gasteiger partial charge in [0, 0.05) is 5.02 Å². The molecular weight excluding hydrogens is 384 g/mol. The van der Waals surface area contributed by atoms with Crippen LogP contribution >= 0.6 is 23.2 Å². The van der Waals surface area contributed by atoms with Gasteiger partial charge in [-0.2, -0.15) is 0 Å². The lowest BCUT2D eigenvalue weighted by molar-refractivity contribution is -0.159. The fraction of sp³-hybridized carbons (Fsp3) is 0.222. The van der Waals surface area contributed by atoms with E-state index < -0.39 is 29.9 Å². The Morgan fingerprint density at radius 3 is 2.31 bits per heavy atom. The zero-order valence-electron chi connectivity index (χ0n) is 14.0. The third-order valence-corrected chi connectivity index (χ3v) is 3.86. The summed E-state index contributed by atoms with van der Waals surface area (Å²) >= 11 is 11.8. The number of nitrogens with one attached hydrogen (secondary N) is 1. The van der Waals surface area contributed by atoms with Crippen molar-refractivity contribution in [2.24, 2.45) is 0 Å². The molecule has 0 fully saturated rings. The Balaban J connectivity index is 1.90. The van der Waals surface area contributed by atoms with E-state index in [0.717, 1.165) is 0 Å². The first-order valence-electron chi connectivity index (χ1n) is 7.65. The standard InChI is InChI=1S/C18H16Cl2FNO4/c1-10(17(23)22-16-8-3-12(19)9-15(16)20)26-18(24)11(2)25-14-6-4-13(21)5-7-14/h3-11H,1-2H3,(H,22,23)/t10-,11+/m1/s1. The van der Waals surface area contributed by atoms with E-state index in [-0.39, 0.29) is 5.02 Å². The number of esters is 1. The second kappa shape index (κ2) is 8.87. The number of ether oxygens (including phenoxy) is 2. The van der Waals surface area contributed by atoms with Gasteiger partial charge >= 0.3 is 5.97 Å². The van der Waals surface area contributed by atoms with Crippen LogP contribution in [0.2, 0.25) is 10.0 Å². The van der Waals surface area contributed by atoms with Gasteiger partial charge < -0.3 is 14.8 Å². The van der Waals surface area contributed by atoms with Gasteiger partial charge in [-0.25, -0.2) is 9.18 Å². The van der Waals surface area contributed by atoms with Crippen molar-refractivity contribution in [2.75, 3.05) is 5.32 Å². The van der Waals surface area contributed by atoms with Crippen LogP contribution in [0.4, 0.5) is 10.1 Å². The maximum Gasteiger partial charge on any atom is 0.347 e. The molecule has 0 saturated carbocycles. The van der Waals surface area contributed by atoms with Crippen molar-refractivity contribution in [3.63, 3.8) is 0 Å². The lowest BCUT2D eigenvalue weighted by Crippen LogP contribution is -2.35. The molecule has 2 aromatic carbocycles. The molecule has 2 atom stereocenters. The highest BCUT2D eigenvalue weighted by atomic mass is 35.5. The monoisotopic (exact) mass is 399 g/mol. The van der Waals surface area contributed by atoms with Crippen LogP contribution in [0.15, 0.2) is 42.5 Å². The normalized spacial score (nSPS) is 12.8. The van der Waals surface area contributed by atoms with E-state index in [4.69, 9.17) is 32.7 Å². The lowest BCUT2D eigenvalue weighted by atomic mass is 10.3. The van der Waals surface area contributed by atoms with Gasteiger partial charge in [0.15, 0.2) is 12.2 Å². The van der Waals surface area contributed by atoms with Gasteiger partial charge in [-0.15, -0.1) is 0 Å². The van der Waals surface area contributed by atoms with Crippen LogP contribution in [0.1, 0.15) is 13.8 Å². The molecule has 2 rings (SSSR count). The molecule has 138 valence electrons. The van der Waals surface area contributed by atoms with E-state index in [2.05, 4.69) is 5.32 Å². The Labute approximate surface area is 160 Å². The molecule has 0 saturated heterocycles. The Morgan fingerprint density at radius 2 is 1.69 bits per heavy atom. The number of hydrogen-bond acceptors (Lipinski definition) is 4. The van der Waals surface area contributed by atoms with Crippen LogP contribution in [0.25, 0.3) is 0 Å². The van der Waals surface area contributed by atoms with Gasteiger partial charge in [0.25, 0.3) is 5.91 Å². The summed E-state index contributed by atoms with van der Waals surface area (Å²) < 4.78 is 23.3. The fourth-order valence-electron chi connectivity index (χ4n) is 1.91. The molecule has 0 aliphatic carbocycles. The highest BCUT2D eigenvalue weighted by Gasteiger charge is 2.23. The first-order chi connectivity index (χ1) is 12.3. The van der Waals surface area contributed by atoms with E-state index in [0.29, 0.717) is 16.5 Å². The smallest absolute Gasteiger partial charge is 0.347 e. The summed E-state index contributed by atoms with van der Waals surface area (Å²) in [7, 11) is 0. The summed E-state index contributed by atoms with van der Waals surface area (Å²) in [5.41, 5.74) is 0.347. The number of rotatable bonds is 6. The van der Waals surface area contributed by atoms with Crippen molar-refractivity contribution in [2.45, 2.75) is 26.1 Å². The average molecular weight is 400 g/mol. The largest absolute Gasteiger partial charge is 0.479 e. The quantitative estimate of drug-likeness (QED) is 0.727. The van der Waals surface area contributed by atoms with Gasteiger partial charge in [0.2, 0.25) is 0 Å². The Hall–Kier alpha value is -2.31. The predicted octanol–water partition coefficient (Wildman–Crippen LogP) is 4.47. The van der Waals surface area contributed by atoms with Crippen molar-refractivity contribution < 1.29 is 23.5 Å². The fourth-order valence-corrected chi connectivity index (χ4v) is 2.37. The highest BCUT2D eigenvalue weighted by molar-refractivity contribution is 6.36. The molecule has 0 bridgehead atoms. The molecular formula is C18H16Cl2FNO4. The number of amides is 1. The van der Waals surface area contributed by atoms with Crippen molar-refractivity contribution in [3.8, 4) is 5.75 Å². The summed E-state index contributed by atoms with van der Waals surface area (Å²) in [6.07, 6.45) is -2.05. The molecule has 8 heteroatoms. The molecule has 0 spiro atoms. The summed E-state index contributed by atoms with van der Waals surface area (Å²) in [6, 6.07) is 9.78. The van der Waals surface area contributed by atoms with Gasteiger partial charge in [-0.05, 0) is 56.3 Å². The average Bonchev–Trinajstić information content (AvgIpc) is 2.59. The Morgan fingerprint density at radius 1 is 1.04 bits per heavy atom. The Kier molecular flexibility index (Phi) is 6.83. The third kappa shape index (κ3) is 5.61. The molecule has 26 heavy (non-hydrogen) atoms. The predicted molar refractivity (Wildman–Crippen MR) is 97.1 cm³/mol. The minimum atomic E-state index is -1.08. The van der Waals surface area contributed by atoms with Gasteiger partial charge in [0.1, 0.15) is 11.6 Å². The summed E-state index contributed by atoms with van der Waals surface area (Å²) in [4.78, 5) is 24.2. The molecule has 0 heterocycles. The number of carbonyl (C=O) groups excluding carboxylic acids is 2. The maximum absolute atomic E-state index is 12.9. The van der Waals surface area contributed by atoms with Crippen LogP contribution in [0.3, 0.4) is 0 Å². The number of halogens is 3. The number of carbonyl (C=O) groups is 2. The number of anilines is 1. The topological polar surface area (TPSA) is 64.6 Å². The van der Waals surface area contributed by atoms with Crippen LogP contribution < -0.4 is 10.1 Å².